The van der Waals surface area contributed by atoms with Gasteiger partial charge in [-0.3, -0.25) is 4.79 Å². The number of anilines is 1. The number of carbonyl (C=O) groups excluding carboxylic acids is 1. The van der Waals surface area contributed by atoms with Crippen molar-refractivity contribution >= 4 is 21.4 Å². The summed E-state index contributed by atoms with van der Waals surface area (Å²) in [7, 11) is -3.36. The van der Waals surface area contributed by atoms with E-state index in [9.17, 15) is 13.2 Å². The van der Waals surface area contributed by atoms with Crippen LogP contribution in [0.25, 0.3) is 0 Å². The number of sulfone groups is 1. The van der Waals surface area contributed by atoms with Crippen molar-refractivity contribution in [1.82, 2.24) is 0 Å². The summed E-state index contributed by atoms with van der Waals surface area (Å²) in [5.74, 6) is 0.860. The van der Waals surface area contributed by atoms with Gasteiger partial charge in [0.1, 0.15) is 18.1 Å². The number of furan rings is 1. The lowest BCUT2D eigenvalue weighted by molar-refractivity contribution is 0.0992. The number of hydrogen-bond acceptors (Lipinski definition) is 5. The summed E-state index contributed by atoms with van der Waals surface area (Å²) in [6, 6.07) is 17.1. The first-order valence-corrected chi connectivity index (χ1v) is 10.1. The molecule has 7 heteroatoms. The van der Waals surface area contributed by atoms with Crippen molar-refractivity contribution in [3.63, 3.8) is 0 Å². The minimum absolute atomic E-state index is 0.117. The van der Waals surface area contributed by atoms with E-state index in [0.29, 0.717) is 17.2 Å². The van der Waals surface area contributed by atoms with E-state index in [0.717, 1.165) is 11.8 Å². The lowest BCUT2D eigenvalue weighted by atomic mass is 10.2. The third-order valence-electron chi connectivity index (χ3n) is 3.90. The number of carbonyl (C=O) groups is 1. The number of nitrogens with one attached hydrogen (secondary N) is 1. The van der Waals surface area contributed by atoms with Crippen LogP contribution < -0.4 is 10.1 Å². The van der Waals surface area contributed by atoms with Gasteiger partial charge in [-0.2, -0.15) is 0 Å². The first-order chi connectivity index (χ1) is 12.8. The Morgan fingerprint density at radius 1 is 1.07 bits per heavy atom. The van der Waals surface area contributed by atoms with Crippen LogP contribution in [0.1, 0.15) is 21.9 Å². The van der Waals surface area contributed by atoms with Gasteiger partial charge in [-0.05, 0) is 48.9 Å². The van der Waals surface area contributed by atoms with Crippen molar-refractivity contribution in [3.05, 3.63) is 77.7 Å². The van der Waals surface area contributed by atoms with E-state index in [2.05, 4.69) is 5.32 Å². The number of ether oxygens (including phenoxy) is 1. The Balaban J connectivity index is 1.69. The normalized spacial score (nSPS) is 11.2. The fraction of sp³-hybridized carbons (Fsp3) is 0.150. The van der Waals surface area contributed by atoms with Gasteiger partial charge in [-0.1, -0.05) is 24.3 Å². The van der Waals surface area contributed by atoms with Crippen molar-refractivity contribution in [3.8, 4) is 5.75 Å². The summed E-state index contributed by atoms with van der Waals surface area (Å²) >= 11 is 0. The van der Waals surface area contributed by atoms with Gasteiger partial charge in [0.2, 0.25) is 0 Å². The second-order valence-electron chi connectivity index (χ2n) is 6.07. The molecule has 3 aromatic rings. The highest BCUT2D eigenvalue weighted by Gasteiger charge is 2.15. The Labute approximate surface area is 157 Å². The fourth-order valence-electron chi connectivity index (χ4n) is 2.40. The lowest BCUT2D eigenvalue weighted by Crippen LogP contribution is -2.12. The van der Waals surface area contributed by atoms with E-state index in [1.807, 2.05) is 30.3 Å². The first kappa shape index (κ1) is 18.7. The molecular formula is C20H19NO5S. The number of aryl methyl sites for hydroxylation is 1. The second-order valence-corrected chi connectivity index (χ2v) is 8.09. The highest BCUT2D eigenvalue weighted by atomic mass is 32.2. The van der Waals surface area contributed by atoms with E-state index in [4.69, 9.17) is 9.15 Å². The SMILES string of the molecule is Cc1ccc(S(C)(=O)=O)cc1NC(=O)c1ccc(COc2ccccc2)o1. The summed E-state index contributed by atoms with van der Waals surface area (Å²) in [4.78, 5) is 12.6. The molecule has 0 bridgehead atoms. The average Bonchev–Trinajstić information content (AvgIpc) is 3.11. The molecule has 0 saturated carbocycles. The molecule has 0 fully saturated rings. The molecule has 0 aliphatic rings. The van der Waals surface area contributed by atoms with Gasteiger partial charge in [0, 0.05) is 11.9 Å². The highest BCUT2D eigenvalue weighted by molar-refractivity contribution is 7.90. The van der Waals surface area contributed by atoms with Crippen molar-refractivity contribution in [2.45, 2.75) is 18.4 Å². The molecule has 1 amide bonds. The molecule has 1 aromatic heterocycles. The molecule has 6 nitrogen and oxygen atoms in total. The summed E-state index contributed by atoms with van der Waals surface area (Å²) in [5, 5.41) is 2.69. The Morgan fingerprint density at radius 2 is 1.81 bits per heavy atom. The Morgan fingerprint density at radius 3 is 2.52 bits per heavy atom. The number of hydrogen-bond donors (Lipinski definition) is 1. The van der Waals surface area contributed by atoms with Crippen LogP contribution in [0.15, 0.2) is 70.0 Å². The van der Waals surface area contributed by atoms with Crippen LogP contribution >= 0.6 is 0 Å². The fourth-order valence-corrected chi connectivity index (χ4v) is 3.05. The predicted octanol–water partition coefficient (Wildman–Crippen LogP) is 3.82. The molecule has 140 valence electrons. The van der Waals surface area contributed by atoms with Gasteiger partial charge >= 0.3 is 0 Å². The van der Waals surface area contributed by atoms with Crippen molar-refractivity contribution in [2.75, 3.05) is 11.6 Å². The largest absolute Gasteiger partial charge is 0.486 e. The van der Waals surface area contributed by atoms with E-state index in [1.165, 1.54) is 12.1 Å². The minimum atomic E-state index is -3.36. The maximum Gasteiger partial charge on any atom is 0.291 e. The number of amides is 1. The van der Waals surface area contributed by atoms with E-state index in [-0.39, 0.29) is 17.3 Å². The van der Waals surface area contributed by atoms with Crippen LogP contribution in [0, 0.1) is 6.92 Å². The van der Waals surface area contributed by atoms with Gasteiger partial charge in [0.15, 0.2) is 15.6 Å². The minimum Gasteiger partial charge on any atom is -0.486 e. The Bertz CT molecular complexity index is 1050. The molecule has 0 saturated heterocycles. The van der Waals surface area contributed by atoms with E-state index < -0.39 is 15.7 Å². The molecular weight excluding hydrogens is 366 g/mol. The van der Waals surface area contributed by atoms with Crippen molar-refractivity contribution in [1.29, 1.82) is 0 Å². The second kappa shape index (κ2) is 7.67. The quantitative estimate of drug-likeness (QED) is 0.697. The Kier molecular flexibility index (Phi) is 5.32. The molecule has 0 radical (unpaired) electrons. The van der Waals surface area contributed by atoms with E-state index >= 15 is 0 Å². The molecule has 0 atom stereocenters. The first-order valence-electron chi connectivity index (χ1n) is 8.21. The van der Waals surface area contributed by atoms with Crippen molar-refractivity contribution < 1.29 is 22.4 Å². The van der Waals surface area contributed by atoms with Crippen LogP contribution in [0.4, 0.5) is 5.69 Å². The van der Waals surface area contributed by atoms with Gasteiger partial charge in [0.25, 0.3) is 5.91 Å². The van der Waals surface area contributed by atoms with E-state index in [1.54, 1.807) is 25.1 Å². The maximum absolute atomic E-state index is 12.4. The molecule has 2 aromatic carbocycles. The van der Waals surface area contributed by atoms with Crippen LogP contribution in [0.5, 0.6) is 5.75 Å². The highest BCUT2D eigenvalue weighted by Crippen LogP contribution is 2.21. The molecule has 27 heavy (non-hydrogen) atoms. The smallest absolute Gasteiger partial charge is 0.291 e. The molecule has 0 aliphatic carbocycles. The van der Waals surface area contributed by atoms with Gasteiger partial charge < -0.3 is 14.5 Å². The monoisotopic (exact) mass is 385 g/mol. The zero-order chi connectivity index (χ0) is 19.4. The van der Waals surface area contributed by atoms with Crippen LogP contribution in [-0.2, 0) is 16.4 Å². The number of benzene rings is 2. The molecule has 0 unspecified atom stereocenters. The third kappa shape index (κ3) is 4.77. The molecule has 0 spiro atoms. The summed E-state index contributed by atoms with van der Waals surface area (Å²) in [6.07, 6.45) is 1.12. The Hall–Kier alpha value is -3.06. The predicted molar refractivity (Wildman–Crippen MR) is 102 cm³/mol. The van der Waals surface area contributed by atoms with Gasteiger partial charge in [-0.15, -0.1) is 0 Å². The number of rotatable bonds is 6. The van der Waals surface area contributed by atoms with Gasteiger partial charge in [-0.25, -0.2) is 8.42 Å². The molecule has 1 N–H and O–H groups in total. The standard InChI is InChI=1S/C20H19NO5S/c1-14-8-10-17(27(2,23)24)12-18(14)21-20(22)19-11-9-16(26-19)13-25-15-6-4-3-5-7-15/h3-12H,13H2,1-2H3,(H,21,22). The summed E-state index contributed by atoms with van der Waals surface area (Å²) in [5.41, 5.74) is 1.16. The van der Waals surface area contributed by atoms with Gasteiger partial charge in [0.05, 0.1) is 4.90 Å². The summed E-state index contributed by atoms with van der Waals surface area (Å²) in [6.45, 7) is 1.98. The third-order valence-corrected chi connectivity index (χ3v) is 5.01. The van der Waals surface area contributed by atoms with Crippen LogP contribution in [0.2, 0.25) is 0 Å². The zero-order valence-corrected chi connectivity index (χ0v) is 15.7. The van der Waals surface area contributed by atoms with Crippen LogP contribution in [-0.4, -0.2) is 20.6 Å². The number of para-hydroxylation sites is 1. The van der Waals surface area contributed by atoms with Crippen LogP contribution in [0.3, 0.4) is 0 Å². The zero-order valence-electron chi connectivity index (χ0n) is 14.9. The average molecular weight is 385 g/mol. The van der Waals surface area contributed by atoms with Crippen molar-refractivity contribution in [2.24, 2.45) is 0 Å². The molecule has 3 rings (SSSR count). The maximum atomic E-state index is 12.4. The molecule has 1 heterocycles. The lowest BCUT2D eigenvalue weighted by Gasteiger charge is -2.09. The summed E-state index contributed by atoms with van der Waals surface area (Å²) < 4.78 is 34.5. The molecule has 0 aliphatic heterocycles. The topological polar surface area (TPSA) is 85.6 Å².